The summed E-state index contributed by atoms with van der Waals surface area (Å²) in [4.78, 5) is 0. The number of rotatable bonds is 4. The molecule has 0 heterocycles. The SMILES string of the molecule is COC1CCC(NC(C)c2ccc3ccccc3c2O)C1. The van der Waals surface area contributed by atoms with E-state index in [1.807, 2.05) is 30.3 Å². The van der Waals surface area contributed by atoms with Crippen LogP contribution in [0.1, 0.15) is 37.8 Å². The Hall–Kier alpha value is -1.58. The lowest BCUT2D eigenvalue weighted by atomic mass is 10.0. The minimum absolute atomic E-state index is 0.134. The molecule has 3 unspecified atom stereocenters. The van der Waals surface area contributed by atoms with Crippen molar-refractivity contribution < 1.29 is 9.84 Å². The molecule has 0 aromatic heterocycles. The molecule has 3 heteroatoms. The van der Waals surface area contributed by atoms with Crippen molar-refractivity contribution in [3.63, 3.8) is 0 Å². The molecule has 3 nitrogen and oxygen atoms in total. The van der Waals surface area contributed by atoms with Crippen LogP contribution in [0.4, 0.5) is 0 Å². The first-order chi connectivity index (χ1) is 10.2. The number of methoxy groups -OCH3 is 1. The second kappa shape index (κ2) is 6.04. The number of phenols is 1. The molecule has 1 aliphatic rings. The molecule has 0 saturated heterocycles. The van der Waals surface area contributed by atoms with Crippen LogP contribution in [-0.4, -0.2) is 24.4 Å². The van der Waals surface area contributed by atoms with E-state index in [0.717, 1.165) is 35.6 Å². The quantitative estimate of drug-likeness (QED) is 0.898. The van der Waals surface area contributed by atoms with Crippen LogP contribution >= 0.6 is 0 Å². The largest absolute Gasteiger partial charge is 0.507 e. The number of aromatic hydroxyl groups is 1. The van der Waals surface area contributed by atoms with Gasteiger partial charge in [0.2, 0.25) is 0 Å². The molecule has 112 valence electrons. The van der Waals surface area contributed by atoms with Gasteiger partial charge in [-0.25, -0.2) is 0 Å². The van der Waals surface area contributed by atoms with E-state index in [9.17, 15) is 5.11 Å². The van der Waals surface area contributed by atoms with Crippen molar-refractivity contribution in [2.24, 2.45) is 0 Å². The van der Waals surface area contributed by atoms with Gasteiger partial charge < -0.3 is 15.2 Å². The van der Waals surface area contributed by atoms with Crippen molar-refractivity contribution in [2.45, 2.75) is 44.4 Å². The minimum Gasteiger partial charge on any atom is -0.507 e. The third-order valence-corrected chi connectivity index (χ3v) is 4.60. The van der Waals surface area contributed by atoms with Crippen molar-refractivity contribution in [3.8, 4) is 5.75 Å². The molecule has 1 saturated carbocycles. The average Bonchev–Trinajstić information content (AvgIpc) is 2.95. The van der Waals surface area contributed by atoms with E-state index in [1.54, 1.807) is 7.11 Å². The summed E-state index contributed by atoms with van der Waals surface area (Å²) in [6.07, 6.45) is 3.68. The van der Waals surface area contributed by atoms with Gasteiger partial charge in [0.05, 0.1) is 6.10 Å². The number of fused-ring (bicyclic) bond motifs is 1. The molecule has 2 N–H and O–H groups in total. The number of nitrogens with one attached hydrogen (secondary N) is 1. The van der Waals surface area contributed by atoms with E-state index in [0.29, 0.717) is 17.9 Å². The Morgan fingerprint density at radius 3 is 2.76 bits per heavy atom. The van der Waals surface area contributed by atoms with Crippen LogP contribution in [0.15, 0.2) is 36.4 Å². The predicted octanol–water partition coefficient (Wildman–Crippen LogP) is 3.76. The van der Waals surface area contributed by atoms with Gasteiger partial charge in [0.25, 0.3) is 0 Å². The summed E-state index contributed by atoms with van der Waals surface area (Å²) < 4.78 is 5.42. The van der Waals surface area contributed by atoms with E-state index in [1.165, 1.54) is 0 Å². The first kappa shape index (κ1) is 14.4. The molecule has 0 bridgehead atoms. The Morgan fingerprint density at radius 1 is 1.19 bits per heavy atom. The van der Waals surface area contributed by atoms with Crippen LogP contribution in [-0.2, 0) is 4.74 Å². The third kappa shape index (κ3) is 2.89. The number of ether oxygens (including phenoxy) is 1. The second-order valence-electron chi connectivity index (χ2n) is 5.98. The van der Waals surface area contributed by atoms with Gasteiger partial charge in [-0.05, 0) is 31.6 Å². The summed E-state index contributed by atoms with van der Waals surface area (Å²) in [5.41, 5.74) is 0.967. The highest BCUT2D eigenvalue weighted by molar-refractivity contribution is 5.89. The summed E-state index contributed by atoms with van der Waals surface area (Å²) in [5, 5.41) is 16.1. The monoisotopic (exact) mass is 285 g/mol. The maximum atomic E-state index is 10.5. The van der Waals surface area contributed by atoms with Gasteiger partial charge in [-0.15, -0.1) is 0 Å². The Kier molecular flexibility index (Phi) is 4.13. The summed E-state index contributed by atoms with van der Waals surface area (Å²) in [6.45, 7) is 2.12. The molecular weight excluding hydrogens is 262 g/mol. The lowest BCUT2D eigenvalue weighted by Crippen LogP contribution is -2.30. The van der Waals surface area contributed by atoms with Gasteiger partial charge >= 0.3 is 0 Å². The third-order valence-electron chi connectivity index (χ3n) is 4.60. The zero-order chi connectivity index (χ0) is 14.8. The average molecular weight is 285 g/mol. The number of phenolic OH excluding ortho intramolecular Hbond substituents is 1. The van der Waals surface area contributed by atoms with Crippen LogP contribution in [0.5, 0.6) is 5.75 Å². The van der Waals surface area contributed by atoms with E-state index in [-0.39, 0.29) is 6.04 Å². The molecule has 0 amide bonds. The predicted molar refractivity (Wildman–Crippen MR) is 85.6 cm³/mol. The van der Waals surface area contributed by atoms with Gasteiger partial charge in [-0.1, -0.05) is 36.4 Å². The smallest absolute Gasteiger partial charge is 0.128 e. The van der Waals surface area contributed by atoms with Crippen LogP contribution in [0, 0.1) is 0 Å². The number of benzene rings is 2. The number of hydrogen-bond donors (Lipinski definition) is 2. The Labute approximate surface area is 125 Å². The Bertz CT molecular complexity index is 626. The van der Waals surface area contributed by atoms with Gasteiger partial charge in [-0.2, -0.15) is 0 Å². The minimum atomic E-state index is 0.134. The molecule has 0 spiro atoms. The number of hydrogen-bond acceptors (Lipinski definition) is 3. The molecule has 1 fully saturated rings. The summed E-state index contributed by atoms with van der Waals surface area (Å²) in [5.74, 6) is 0.398. The highest BCUT2D eigenvalue weighted by Gasteiger charge is 2.26. The molecule has 3 rings (SSSR count). The van der Waals surface area contributed by atoms with Crippen molar-refractivity contribution >= 4 is 10.8 Å². The van der Waals surface area contributed by atoms with Crippen molar-refractivity contribution in [3.05, 3.63) is 42.0 Å². The highest BCUT2D eigenvalue weighted by Crippen LogP contribution is 2.33. The van der Waals surface area contributed by atoms with Gasteiger partial charge in [-0.3, -0.25) is 0 Å². The van der Waals surface area contributed by atoms with E-state index in [4.69, 9.17) is 4.74 Å². The Morgan fingerprint density at radius 2 is 2.00 bits per heavy atom. The molecule has 1 aliphatic carbocycles. The van der Waals surface area contributed by atoms with E-state index < -0.39 is 0 Å². The maximum Gasteiger partial charge on any atom is 0.128 e. The van der Waals surface area contributed by atoms with Crippen LogP contribution in [0.25, 0.3) is 10.8 Å². The fraction of sp³-hybridized carbons (Fsp3) is 0.444. The first-order valence-corrected chi connectivity index (χ1v) is 7.68. The highest BCUT2D eigenvalue weighted by atomic mass is 16.5. The van der Waals surface area contributed by atoms with Crippen LogP contribution in [0.3, 0.4) is 0 Å². The molecule has 0 aliphatic heterocycles. The Balaban J connectivity index is 1.78. The van der Waals surface area contributed by atoms with Crippen molar-refractivity contribution in [1.29, 1.82) is 0 Å². The van der Waals surface area contributed by atoms with Crippen molar-refractivity contribution in [1.82, 2.24) is 5.32 Å². The molecule has 21 heavy (non-hydrogen) atoms. The summed E-state index contributed by atoms with van der Waals surface area (Å²) in [7, 11) is 1.78. The molecule has 2 aromatic rings. The van der Waals surface area contributed by atoms with Crippen molar-refractivity contribution in [2.75, 3.05) is 7.11 Å². The first-order valence-electron chi connectivity index (χ1n) is 7.68. The molecular formula is C18H23NO2. The fourth-order valence-corrected chi connectivity index (χ4v) is 3.37. The van der Waals surface area contributed by atoms with E-state index in [2.05, 4.69) is 18.3 Å². The summed E-state index contributed by atoms with van der Waals surface area (Å²) >= 11 is 0. The van der Waals surface area contributed by atoms with Crippen LogP contribution < -0.4 is 5.32 Å². The van der Waals surface area contributed by atoms with E-state index >= 15 is 0 Å². The summed E-state index contributed by atoms with van der Waals surface area (Å²) in [6, 6.07) is 12.7. The fourth-order valence-electron chi connectivity index (χ4n) is 3.37. The zero-order valence-electron chi connectivity index (χ0n) is 12.7. The topological polar surface area (TPSA) is 41.5 Å². The molecule has 0 radical (unpaired) electrons. The molecule has 2 aromatic carbocycles. The standard InChI is InChI=1S/C18H23NO2/c1-12(19-14-8-9-15(11-14)21-2)16-10-7-13-5-3-4-6-17(13)18(16)20/h3-7,10,12,14-15,19-20H,8-9,11H2,1-2H3. The second-order valence-corrected chi connectivity index (χ2v) is 5.98. The molecule has 3 atom stereocenters. The maximum absolute atomic E-state index is 10.5. The van der Waals surface area contributed by atoms with Crippen LogP contribution in [0.2, 0.25) is 0 Å². The zero-order valence-corrected chi connectivity index (χ0v) is 12.7. The van der Waals surface area contributed by atoms with Gasteiger partial charge in [0.15, 0.2) is 0 Å². The normalized spacial score (nSPS) is 23.5. The van der Waals surface area contributed by atoms with Gasteiger partial charge in [0.1, 0.15) is 5.75 Å². The van der Waals surface area contributed by atoms with Gasteiger partial charge in [0, 0.05) is 30.1 Å². The lowest BCUT2D eigenvalue weighted by Gasteiger charge is -2.21. The lowest BCUT2D eigenvalue weighted by molar-refractivity contribution is 0.106.